The fourth-order valence-electron chi connectivity index (χ4n) is 8.03. The largest absolute Gasteiger partial charge is 0.460 e. The minimum atomic E-state index is -4.66. The molecule has 15 heteroatoms. The number of carbonyl (C=O) groups is 1. The summed E-state index contributed by atoms with van der Waals surface area (Å²) in [5.74, 6) is -0.963. The Kier molecular flexibility index (Phi) is 9.07. The number of nitrogens with one attached hydrogen (secondary N) is 2. The molecule has 0 bridgehead atoms. The summed E-state index contributed by atoms with van der Waals surface area (Å²) in [6, 6.07) is 12.0. The minimum Gasteiger partial charge on any atom is -0.460 e. The van der Waals surface area contributed by atoms with Gasteiger partial charge in [0.15, 0.2) is 0 Å². The van der Waals surface area contributed by atoms with Gasteiger partial charge in [-0.3, -0.25) is 14.8 Å². The summed E-state index contributed by atoms with van der Waals surface area (Å²) in [6.45, 7) is 6.60. The zero-order valence-electron chi connectivity index (χ0n) is 30.4. The normalized spacial score (nSPS) is 23.8. The van der Waals surface area contributed by atoms with Crippen LogP contribution in [0.4, 0.5) is 23.2 Å². The minimum absolute atomic E-state index is 0.0118. The molecule has 0 saturated carbocycles. The summed E-state index contributed by atoms with van der Waals surface area (Å²) < 4.78 is 77.3. The average Bonchev–Trinajstić information content (AvgIpc) is 3.80. The van der Waals surface area contributed by atoms with Crippen LogP contribution in [0.1, 0.15) is 52.8 Å². The number of allylic oxidation sites excluding steroid dienone is 2. The van der Waals surface area contributed by atoms with E-state index in [1.807, 2.05) is 18.2 Å². The molecule has 9 rings (SSSR count). The highest BCUT2D eigenvalue weighted by Crippen LogP contribution is 2.47. The second kappa shape index (κ2) is 13.9. The van der Waals surface area contributed by atoms with Crippen molar-refractivity contribution in [1.29, 1.82) is 0 Å². The van der Waals surface area contributed by atoms with E-state index in [0.29, 0.717) is 48.2 Å². The number of hydrogen-bond acceptors (Lipinski definition) is 7. The third kappa shape index (κ3) is 6.67. The molecule has 2 aromatic heterocycles. The monoisotopic (exact) mass is 788 g/mol. The molecule has 1 amide bonds. The Morgan fingerprint density at radius 3 is 2.73 bits per heavy atom. The predicted molar refractivity (Wildman–Crippen MR) is 201 cm³/mol. The number of halogens is 5. The van der Waals surface area contributed by atoms with Crippen molar-refractivity contribution in [2.24, 2.45) is 5.92 Å². The molecule has 5 aromatic rings. The number of fused-ring (bicyclic) bond motifs is 3. The zero-order chi connectivity index (χ0) is 38.9. The van der Waals surface area contributed by atoms with Gasteiger partial charge in [0.1, 0.15) is 29.0 Å². The number of ether oxygens (including phenoxy) is 3. The van der Waals surface area contributed by atoms with Gasteiger partial charge in [-0.2, -0.15) is 18.3 Å². The molecule has 56 heavy (non-hydrogen) atoms. The van der Waals surface area contributed by atoms with Crippen molar-refractivity contribution < 1.29 is 36.6 Å². The lowest BCUT2D eigenvalue weighted by atomic mass is 9.85. The quantitative estimate of drug-likeness (QED) is 0.120. The number of aromatic amines is 1. The van der Waals surface area contributed by atoms with Crippen molar-refractivity contribution in [2.75, 3.05) is 25.0 Å². The van der Waals surface area contributed by atoms with Gasteiger partial charge in [-0.1, -0.05) is 35.4 Å². The van der Waals surface area contributed by atoms with Gasteiger partial charge in [-0.15, -0.1) is 0 Å². The molecule has 3 aromatic carbocycles. The lowest BCUT2D eigenvalue weighted by molar-refractivity contribution is -0.161. The third-order valence-electron chi connectivity index (χ3n) is 11.1. The summed E-state index contributed by atoms with van der Waals surface area (Å²) >= 11 is 6.00. The Balaban J connectivity index is 0.928. The van der Waals surface area contributed by atoms with E-state index in [-0.39, 0.29) is 39.7 Å². The highest BCUT2D eigenvalue weighted by Gasteiger charge is 2.48. The molecule has 4 aliphatic rings. The van der Waals surface area contributed by atoms with Crippen molar-refractivity contribution in [3.63, 3.8) is 0 Å². The van der Waals surface area contributed by atoms with Crippen molar-refractivity contribution in [3.05, 3.63) is 123 Å². The van der Waals surface area contributed by atoms with E-state index < -0.39 is 35.4 Å². The predicted octanol–water partition coefficient (Wildman–Crippen LogP) is 8.56. The Bertz CT molecular complexity index is 2490. The van der Waals surface area contributed by atoms with E-state index in [2.05, 4.69) is 37.1 Å². The molecule has 0 radical (unpaired) electrons. The van der Waals surface area contributed by atoms with Gasteiger partial charge in [-0.05, 0) is 74.4 Å². The molecule has 10 nitrogen and oxygen atoms in total. The Labute approximate surface area is 323 Å². The van der Waals surface area contributed by atoms with Crippen LogP contribution in [0.5, 0.6) is 0 Å². The third-order valence-corrected chi connectivity index (χ3v) is 11.3. The number of benzene rings is 3. The number of H-pyrrole nitrogens is 1. The SMILES string of the molecule is Cc1[nH]nc2c(C(F)(F)F)cc(NC(=O)c3ccc4c(c3)nc(CN3CC=C(C5C=CC=C6O[C@@](C)(c7ccc(Cl)cc7F)OC65)CC3)n4CC3CCO3)cc12. The van der Waals surface area contributed by atoms with Crippen LogP contribution in [0, 0.1) is 18.7 Å². The number of hydrogen-bond donors (Lipinski definition) is 2. The number of aromatic nitrogens is 4. The Hall–Kier alpha value is -5.02. The molecule has 1 aliphatic carbocycles. The molecule has 0 spiro atoms. The van der Waals surface area contributed by atoms with Gasteiger partial charge in [0, 0.05) is 59.9 Å². The Morgan fingerprint density at radius 2 is 2.00 bits per heavy atom. The molecule has 3 unspecified atom stereocenters. The standard InChI is InChI=1S/C41H37ClF4N6O4/c1-22-29-18-26(19-31(41(44,45)46)37(29)50-49-22)47-39(53)24-6-9-34-33(16-24)48-36(52(34)20-27-12-15-54-27)21-51-13-10-23(11-14-51)28-4-3-5-35-38(28)56-40(2,55-35)30-8-7-25(42)17-32(30)43/h3-10,16-19,27-28,38H,11-15,20-21H2,1-2H3,(H,47,53)(H,49,50)/t27?,28?,38?,40-/m1/s1. The molecule has 2 fully saturated rings. The number of carbonyl (C=O) groups excluding carboxylic acids is 1. The molecule has 4 atom stereocenters. The number of nitrogens with zero attached hydrogens (tertiary/aromatic N) is 4. The van der Waals surface area contributed by atoms with E-state index in [4.69, 9.17) is 30.8 Å². The summed E-state index contributed by atoms with van der Waals surface area (Å²) in [6.07, 6.45) is 4.81. The van der Waals surface area contributed by atoms with E-state index in [0.717, 1.165) is 36.8 Å². The molecule has 5 heterocycles. The number of rotatable bonds is 8. The lowest BCUT2D eigenvalue weighted by Gasteiger charge is -2.32. The fraction of sp³-hybridized carbons (Fsp3) is 0.341. The maximum Gasteiger partial charge on any atom is 0.418 e. The van der Waals surface area contributed by atoms with E-state index in [1.54, 1.807) is 38.1 Å². The summed E-state index contributed by atoms with van der Waals surface area (Å²) in [5.41, 5.74) is 2.52. The van der Waals surface area contributed by atoms with Gasteiger partial charge < -0.3 is 24.1 Å². The first-order valence-electron chi connectivity index (χ1n) is 18.4. The first-order chi connectivity index (χ1) is 26.8. The topological polar surface area (TPSA) is 107 Å². The van der Waals surface area contributed by atoms with Crippen molar-refractivity contribution in [2.45, 2.75) is 63.9 Å². The van der Waals surface area contributed by atoms with Crippen LogP contribution in [-0.4, -0.2) is 62.5 Å². The summed E-state index contributed by atoms with van der Waals surface area (Å²) in [7, 11) is 0. The van der Waals surface area contributed by atoms with Crippen molar-refractivity contribution >= 4 is 45.1 Å². The molecule has 2 N–H and O–H groups in total. The number of alkyl halides is 3. The lowest BCUT2D eigenvalue weighted by Crippen LogP contribution is -2.35. The van der Waals surface area contributed by atoms with Gasteiger partial charge in [0.2, 0.25) is 5.79 Å². The maximum atomic E-state index is 15.0. The number of imidazole rings is 1. The van der Waals surface area contributed by atoms with Gasteiger partial charge in [-0.25, -0.2) is 9.37 Å². The summed E-state index contributed by atoms with van der Waals surface area (Å²) in [4.78, 5) is 20.7. The number of anilines is 1. The van der Waals surface area contributed by atoms with Crippen LogP contribution < -0.4 is 5.32 Å². The van der Waals surface area contributed by atoms with Crippen LogP contribution >= 0.6 is 11.6 Å². The van der Waals surface area contributed by atoms with Crippen molar-refractivity contribution in [1.82, 2.24) is 24.6 Å². The molecule has 3 aliphatic heterocycles. The smallest absolute Gasteiger partial charge is 0.418 e. The van der Waals surface area contributed by atoms with Gasteiger partial charge in [0.05, 0.1) is 41.4 Å². The van der Waals surface area contributed by atoms with Crippen molar-refractivity contribution in [3.8, 4) is 0 Å². The van der Waals surface area contributed by atoms with Crippen LogP contribution in [0.15, 0.2) is 84.2 Å². The molecule has 2 saturated heterocycles. The number of amides is 1. The fourth-order valence-corrected chi connectivity index (χ4v) is 8.19. The van der Waals surface area contributed by atoms with E-state index in [1.165, 1.54) is 17.7 Å². The average molecular weight is 789 g/mol. The van der Waals surface area contributed by atoms with E-state index >= 15 is 0 Å². The molecule has 290 valence electrons. The highest BCUT2D eigenvalue weighted by atomic mass is 35.5. The molecular weight excluding hydrogens is 752 g/mol. The Morgan fingerprint density at radius 1 is 1.16 bits per heavy atom. The summed E-state index contributed by atoms with van der Waals surface area (Å²) in [5, 5.41) is 9.64. The first-order valence-corrected chi connectivity index (χ1v) is 18.8. The van der Waals surface area contributed by atoms with Crippen LogP contribution in [0.3, 0.4) is 0 Å². The van der Waals surface area contributed by atoms with Crippen LogP contribution in [0.25, 0.3) is 21.9 Å². The van der Waals surface area contributed by atoms with Crippen LogP contribution in [0.2, 0.25) is 5.02 Å². The van der Waals surface area contributed by atoms with E-state index in [9.17, 15) is 22.4 Å². The first kappa shape index (κ1) is 36.6. The second-order valence-electron chi connectivity index (χ2n) is 14.8. The highest BCUT2D eigenvalue weighted by molar-refractivity contribution is 6.30. The zero-order valence-corrected chi connectivity index (χ0v) is 31.2. The molecular formula is C41H37ClF4N6O4. The maximum absolute atomic E-state index is 15.0. The van der Waals surface area contributed by atoms with Crippen LogP contribution in [-0.2, 0) is 39.3 Å². The second-order valence-corrected chi connectivity index (χ2v) is 15.2. The van der Waals surface area contributed by atoms with Gasteiger partial charge >= 0.3 is 6.18 Å². The van der Waals surface area contributed by atoms with Gasteiger partial charge in [0.25, 0.3) is 5.91 Å². The number of aryl methyl sites for hydroxylation is 1.